The number of rotatable bonds is 2. The first-order chi connectivity index (χ1) is 6.07. The van der Waals surface area contributed by atoms with Crippen molar-refractivity contribution in [2.75, 3.05) is 0 Å². The number of benzene rings is 1. The standard InChI is InChI=1S/C9H11NO3/c1-6-3-4-9(10(12)13)8(5-11)7(6)2/h3-4,11H,5H2,1-2H3. The summed E-state index contributed by atoms with van der Waals surface area (Å²) in [7, 11) is 0. The molecule has 4 nitrogen and oxygen atoms in total. The van der Waals surface area contributed by atoms with Gasteiger partial charge in [-0.1, -0.05) is 6.07 Å². The molecule has 0 aliphatic carbocycles. The molecule has 1 N–H and O–H groups in total. The van der Waals surface area contributed by atoms with Gasteiger partial charge < -0.3 is 5.11 Å². The second-order valence-corrected chi connectivity index (χ2v) is 2.92. The number of nitrogens with zero attached hydrogens (tertiary/aromatic N) is 1. The number of aryl methyl sites for hydroxylation is 1. The minimum absolute atomic E-state index is 0.00870. The van der Waals surface area contributed by atoms with Crippen LogP contribution in [0.25, 0.3) is 0 Å². The lowest BCUT2D eigenvalue weighted by atomic mass is 10.0. The van der Waals surface area contributed by atoms with Crippen LogP contribution < -0.4 is 0 Å². The van der Waals surface area contributed by atoms with Gasteiger partial charge in [0.15, 0.2) is 0 Å². The van der Waals surface area contributed by atoms with Crippen molar-refractivity contribution in [1.29, 1.82) is 0 Å². The van der Waals surface area contributed by atoms with Gasteiger partial charge in [0, 0.05) is 6.07 Å². The largest absolute Gasteiger partial charge is 0.391 e. The summed E-state index contributed by atoms with van der Waals surface area (Å²) in [6, 6.07) is 3.11. The predicted molar refractivity (Wildman–Crippen MR) is 48.5 cm³/mol. The zero-order valence-corrected chi connectivity index (χ0v) is 7.57. The second kappa shape index (κ2) is 3.53. The zero-order chi connectivity index (χ0) is 10.0. The Hall–Kier alpha value is -1.42. The predicted octanol–water partition coefficient (Wildman–Crippen LogP) is 1.70. The second-order valence-electron chi connectivity index (χ2n) is 2.92. The van der Waals surface area contributed by atoms with E-state index in [2.05, 4.69) is 0 Å². The van der Waals surface area contributed by atoms with E-state index in [0.29, 0.717) is 5.56 Å². The maximum absolute atomic E-state index is 10.5. The molecule has 0 atom stereocenters. The van der Waals surface area contributed by atoms with Gasteiger partial charge in [-0.3, -0.25) is 10.1 Å². The highest BCUT2D eigenvalue weighted by Gasteiger charge is 2.15. The van der Waals surface area contributed by atoms with Crippen LogP contribution in [0.3, 0.4) is 0 Å². The fourth-order valence-corrected chi connectivity index (χ4v) is 1.23. The van der Waals surface area contributed by atoms with Gasteiger partial charge in [0.2, 0.25) is 0 Å². The van der Waals surface area contributed by atoms with Crippen LogP contribution in [0, 0.1) is 24.0 Å². The van der Waals surface area contributed by atoms with Gasteiger partial charge in [-0.25, -0.2) is 0 Å². The quantitative estimate of drug-likeness (QED) is 0.558. The molecule has 0 fully saturated rings. The van der Waals surface area contributed by atoms with E-state index < -0.39 is 4.92 Å². The third-order valence-corrected chi connectivity index (χ3v) is 2.20. The lowest BCUT2D eigenvalue weighted by Crippen LogP contribution is -1.99. The molecule has 0 radical (unpaired) electrons. The van der Waals surface area contributed by atoms with E-state index in [4.69, 9.17) is 5.11 Å². The summed E-state index contributed by atoms with van der Waals surface area (Å²) in [5.41, 5.74) is 2.14. The molecule has 0 heterocycles. The van der Waals surface area contributed by atoms with E-state index in [1.807, 2.05) is 6.92 Å². The van der Waals surface area contributed by atoms with Crippen LogP contribution in [0.5, 0.6) is 0 Å². The van der Waals surface area contributed by atoms with Crippen molar-refractivity contribution in [2.24, 2.45) is 0 Å². The summed E-state index contributed by atoms with van der Waals surface area (Å²) in [4.78, 5) is 10.1. The molecule has 1 aromatic rings. The molecule has 0 saturated heterocycles. The van der Waals surface area contributed by atoms with E-state index in [0.717, 1.165) is 11.1 Å². The van der Waals surface area contributed by atoms with Gasteiger partial charge in [-0.05, 0) is 25.0 Å². The minimum atomic E-state index is -0.474. The highest BCUT2D eigenvalue weighted by molar-refractivity contribution is 5.48. The summed E-state index contributed by atoms with van der Waals surface area (Å²) in [5, 5.41) is 19.5. The lowest BCUT2D eigenvalue weighted by Gasteiger charge is -2.05. The summed E-state index contributed by atoms with van der Waals surface area (Å²) < 4.78 is 0. The van der Waals surface area contributed by atoms with Crippen molar-refractivity contribution in [2.45, 2.75) is 20.5 Å². The molecule has 0 amide bonds. The highest BCUT2D eigenvalue weighted by Crippen LogP contribution is 2.24. The molecule has 0 bridgehead atoms. The van der Waals surface area contributed by atoms with Gasteiger partial charge in [0.05, 0.1) is 17.1 Å². The topological polar surface area (TPSA) is 63.4 Å². The van der Waals surface area contributed by atoms with Gasteiger partial charge in [0.1, 0.15) is 0 Å². The van der Waals surface area contributed by atoms with E-state index in [1.165, 1.54) is 6.07 Å². The number of aliphatic hydroxyl groups is 1. The smallest absolute Gasteiger partial charge is 0.275 e. The number of hydrogen-bond donors (Lipinski definition) is 1. The molecular weight excluding hydrogens is 170 g/mol. The molecule has 0 aromatic heterocycles. The number of nitro benzene ring substituents is 1. The average Bonchev–Trinajstić information content (AvgIpc) is 2.09. The first-order valence-electron chi connectivity index (χ1n) is 3.92. The molecule has 1 rings (SSSR count). The summed E-state index contributed by atoms with van der Waals surface area (Å²) in [6.07, 6.45) is 0. The maximum atomic E-state index is 10.5. The number of aliphatic hydroxyl groups excluding tert-OH is 1. The molecule has 0 unspecified atom stereocenters. The average molecular weight is 181 g/mol. The fraction of sp³-hybridized carbons (Fsp3) is 0.333. The normalized spacial score (nSPS) is 10.1. The Morgan fingerprint density at radius 1 is 1.46 bits per heavy atom. The molecule has 0 saturated carbocycles. The van der Waals surface area contributed by atoms with Crippen LogP contribution >= 0.6 is 0 Å². The van der Waals surface area contributed by atoms with Crippen LogP contribution in [0.1, 0.15) is 16.7 Å². The molecule has 13 heavy (non-hydrogen) atoms. The van der Waals surface area contributed by atoms with Crippen molar-refractivity contribution in [3.8, 4) is 0 Å². The van der Waals surface area contributed by atoms with Crippen LogP contribution in [0.2, 0.25) is 0 Å². The Balaban J connectivity index is 3.38. The van der Waals surface area contributed by atoms with E-state index >= 15 is 0 Å². The third kappa shape index (κ3) is 1.67. The van der Waals surface area contributed by atoms with Crippen molar-refractivity contribution < 1.29 is 10.0 Å². The van der Waals surface area contributed by atoms with Crippen LogP contribution in [0.15, 0.2) is 12.1 Å². The number of hydrogen-bond acceptors (Lipinski definition) is 3. The fourth-order valence-electron chi connectivity index (χ4n) is 1.23. The molecule has 0 spiro atoms. The summed E-state index contributed by atoms with van der Waals surface area (Å²) in [6.45, 7) is 3.34. The van der Waals surface area contributed by atoms with Crippen molar-refractivity contribution >= 4 is 5.69 Å². The molecule has 70 valence electrons. The Kier molecular flexibility index (Phi) is 2.63. The van der Waals surface area contributed by atoms with Crippen LogP contribution in [-0.4, -0.2) is 10.0 Å². The monoisotopic (exact) mass is 181 g/mol. The first kappa shape index (κ1) is 9.67. The van der Waals surface area contributed by atoms with Gasteiger partial charge >= 0.3 is 0 Å². The first-order valence-corrected chi connectivity index (χ1v) is 3.92. The van der Waals surface area contributed by atoms with Gasteiger partial charge in [-0.2, -0.15) is 0 Å². The Morgan fingerprint density at radius 2 is 2.08 bits per heavy atom. The Morgan fingerprint density at radius 3 is 2.54 bits per heavy atom. The molecular formula is C9H11NO3. The van der Waals surface area contributed by atoms with Gasteiger partial charge in [0.25, 0.3) is 5.69 Å². The van der Waals surface area contributed by atoms with Crippen molar-refractivity contribution in [3.63, 3.8) is 0 Å². The molecule has 4 heteroatoms. The van der Waals surface area contributed by atoms with E-state index in [9.17, 15) is 10.1 Å². The molecule has 1 aromatic carbocycles. The molecule has 0 aliphatic heterocycles. The minimum Gasteiger partial charge on any atom is -0.391 e. The highest BCUT2D eigenvalue weighted by atomic mass is 16.6. The summed E-state index contributed by atoms with van der Waals surface area (Å²) in [5.74, 6) is 0. The van der Waals surface area contributed by atoms with Crippen molar-refractivity contribution in [1.82, 2.24) is 0 Å². The Labute approximate surface area is 76.0 Å². The van der Waals surface area contributed by atoms with Gasteiger partial charge in [-0.15, -0.1) is 0 Å². The molecule has 0 aliphatic rings. The maximum Gasteiger partial charge on any atom is 0.275 e. The van der Waals surface area contributed by atoms with Crippen molar-refractivity contribution in [3.05, 3.63) is 38.9 Å². The Bertz CT molecular complexity index is 347. The summed E-state index contributed by atoms with van der Waals surface area (Å²) >= 11 is 0. The lowest BCUT2D eigenvalue weighted by molar-refractivity contribution is -0.385. The van der Waals surface area contributed by atoms with Crippen LogP contribution in [-0.2, 0) is 6.61 Å². The number of nitro groups is 1. The van der Waals surface area contributed by atoms with Crippen LogP contribution in [0.4, 0.5) is 5.69 Å². The zero-order valence-electron chi connectivity index (χ0n) is 7.57. The van der Waals surface area contributed by atoms with E-state index in [1.54, 1.807) is 13.0 Å². The third-order valence-electron chi connectivity index (χ3n) is 2.20. The van der Waals surface area contributed by atoms with E-state index in [-0.39, 0.29) is 12.3 Å². The SMILES string of the molecule is Cc1ccc([N+](=O)[O-])c(CO)c1C.